The van der Waals surface area contributed by atoms with E-state index in [0.29, 0.717) is 22.9 Å². The monoisotopic (exact) mass is 293 g/mol. The topological polar surface area (TPSA) is 62.5 Å². The molecule has 1 unspecified atom stereocenters. The van der Waals surface area contributed by atoms with E-state index >= 15 is 0 Å². The molecule has 0 saturated heterocycles. The molecule has 1 aromatic heterocycles. The molecule has 0 spiro atoms. The average molecular weight is 294 g/mol. The van der Waals surface area contributed by atoms with Crippen molar-refractivity contribution in [1.29, 1.82) is 0 Å². The molecule has 2 aromatic rings. The molecule has 2 rings (SSSR count). The highest BCUT2D eigenvalue weighted by atomic mass is 35.5. The molecule has 0 aliphatic carbocycles. The molecule has 0 fully saturated rings. The minimum atomic E-state index is -1.04. The van der Waals surface area contributed by atoms with Gasteiger partial charge in [0.05, 0.1) is 6.54 Å². The highest BCUT2D eigenvalue weighted by molar-refractivity contribution is 6.30. The van der Waals surface area contributed by atoms with Crippen molar-refractivity contribution in [2.45, 2.75) is 26.4 Å². The normalized spacial score (nSPS) is 12.3. The third-order valence-electron chi connectivity index (χ3n) is 3.09. The van der Waals surface area contributed by atoms with E-state index in [2.05, 4.69) is 5.32 Å². The molecule has 20 heavy (non-hydrogen) atoms. The van der Waals surface area contributed by atoms with Gasteiger partial charge in [0.1, 0.15) is 5.76 Å². The van der Waals surface area contributed by atoms with E-state index < -0.39 is 5.97 Å². The highest BCUT2D eigenvalue weighted by Crippen LogP contribution is 2.19. The highest BCUT2D eigenvalue weighted by Gasteiger charge is 2.14. The van der Waals surface area contributed by atoms with Crippen LogP contribution in [0.2, 0.25) is 5.02 Å². The number of rotatable bonds is 5. The fourth-order valence-corrected chi connectivity index (χ4v) is 2.19. The SMILES string of the molecule is Cc1cc(CNC(C)c2cccc(Cl)c2)oc1C(=O)O. The third-order valence-corrected chi connectivity index (χ3v) is 3.33. The number of carboxylic acid groups (broad SMARTS) is 1. The number of carboxylic acids is 1. The van der Waals surface area contributed by atoms with E-state index in [9.17, 15) is 4.79 Å². The van der Waals surface area contributed by atoms with Crippen LogP contribution in [-0.4, -0.2) is 11.1 Å². The summed E-state index contributed by atoms with van der Waals surface area (Å²) < 4.78 is 5.30. The Kier molecular flexibility index (Phi) is 4.47. The number of halogens is 1. The van der Waals surface area contributed by atoms with Gasteiger partial charge in [-0.25, -0.2) is 4.79 Å². The number of hydrogen-bond acceptors (Lipinski definition) is 3. The van der Waals surface area contributed by atoms with Gasteiger partial charge in [0.25, 0.3) is 0 Å². The van der Waals surface area contributed by atoms with E-state index in [1.54, 1.807) is 13.0 Å². The first-order valence-corrected chi connectivity index (χ1v) is 6.66. The van der Waals surface area contributed by atoms with Gasteiger partial charge in [-0.3, -0.25) is 0 Å². The van der Waals surface area contributed by atoms with Gasteiger partial charge in [0.2, 0.25) is 5.76 Å². The zero-order valence-electron chi connectivity index (χ0n) is 11.3. The molecule has 1 atom stereocenters. The first-order chi connectivity index (χ1) is 9.47. The van der Waals surface area contributed by atoms with Gasteiger partial charge in [-0.2, -0.15) is 0 Å². The van der Waals surface area contributed by atoms with Crippen molar-refractivity contribution in [2.24, 2.45) is 0 Å². The fraction of sp³-hybridized carbons (Fsp3) is 0.267. The lowest BCUT2D eigenvalue weighted by molar-refractivity contribution is 0.0659. The predicted octanol–water partition coefficient (Wildman–Crippen LogP) is 3.79. The average Bonchev–Trinajstić information content (AvgIpc) is 2.77. The molecule has 0 radical (unpaired) electrons. The number of carbonyl (C=O) groups is 1. The van der Waals surface area contributed by atoms with Crippen LogP contribution in [-0.2, 0) is 6.54 Å². The Morgan fingerprint density at radius 2 is 2.20 bits per heavy atom. The van der Waals surface area contributed by atoms with Gasteiger partial charge < -0.3 is 14.8 Å². The summed E-state index contributed by atoms with van der Waals surface area (Å²) >= 11 is 5.95. The largest absolute Gasteiger partial charge is 0.475 e. The standard InChI is InChI=1S/C15H16ClNO3/c1-9-6-13(20-14(9)15(18)19)8-17-10(2)11-4-3-5-12(16)7-11/h3-7,10,17H,8H2,1-2H3,(H,18,19). The maximum absolute atomic E-state index is 10.9. The van der Waals surface area contributed by atoms with Crippen LogP contribution in [0.15, 0.2) is 34.7 Å². The molecular weight excluding hydrogens is 278 g/mol. The number of furan rings is 1. The van der Waals surface area contributed by atoms with Crippen molar-refractivity contribution in [3.05, 3.63) is 58.0 Å². The second-order valence-corrected chi connectivity index (χ2v) is 5.12. The Balaban J connectivity index is 2.01. The van der Waals surface area contributed by atoms with E-state index in [0.717, 1.165) is 5.56 Å². The maximum atomic E-state index is 10.9. The molecule has 0 amide bonds. The summed E-state index contributed by atoms with van der Waals surface area (Å²) in [6.07, 6.45) is 0. The van der Waals surface area contributed by atoms with Crippen molar-refractivity contribution >= 4 is 17.6 Å². The van der Waals surface area contributed by atoms with Crippen LogP contribution in [0.4, 0.5) is 0 Å². The summed E-state index contributed by atoms with van der Waals surface area (Å²) in [5.74, 6) is -0.442. The lowest BCUT2D eigenvalue weighted by Crippen LogP contribution is -2.17. The molecule has 106 valence electrons. The van der Waals surface area contributed by atoms with E-state index in [1.165, 1.54) is 0 Å². The molecule has 0 saturated carbocycles. The molecule has 2 N–H and O–H groups in total. The number of aryl methyl sites for hydroxylation is 1. The van der Waals surface area contributed by atoms with Gasteiger partial charge in [0.15, 0.2) is 0 Å². The van der Waals surface area contributed by atoms with Crippen molar-refractivity contribution in [2.75, 3.05) is 0 Å². The Bertz CT molecular complexity index is 621. The van der Waals surface area contributed by atoms with Crippen LogP contribution >= 0.6 is 11.6 Å². The first-order valence-electron chi connectivity index (χ1n) is 6.29. The molecule has 5 heteroatoms. The smallest absolute Gasteiger partial charge is 0.372 e. The summed E-state index contributed by atoms with van der Waals surface area (Å²) in [4.78, 5) is 10.9. The maximum Gasteiger partial charge on any atom is 0.372 e. The number of aromatic carboxylic acids is 1. The minimum Gasteiger partial charge on any atom is -0.475 e. The Labute approximate surface area is 122 Å². The van der Waals surface area contributed by atoms with Gasteiger partial charge in [-0.05, 0) is 37.6 Å². The Hall–Kier alpha value is -1.78. The lowest BCUT2D eigenvalue weighted by atomic mass is 10.1. The van der Waals surface area contributed by atoms with Crippen molar-refractivity contribution in [1.82, 2.24) is 5.32 Å². The second kappa shape index (κ2) is 6.11. The zero-order chi connectivity index (χ0) is 14.7. The van der Waals surface area contributed by atoms with Crippen LogP contribution in [0.3, 0.4) is 0 Å². The molecule has 0 aliphatic heterocycles. The lowest BCUT2D eigenvalue weighted by Gasteiger charge is -2.13. The van der Waals surface area contributed by atoms with Crippen LogP contribution in [0, 0.1) is 6.92 Å². The second-order valence-electron chi connectivity index (χ2n) is 4.69. The summed E-state index contributed by atoms with van der Waals surface area (Å²) in [6.45, 7) is 4.19. The van der Waals surface area contributed by atoms with E-state index in [4.69, 9.17) is 21.1 Å². The van der Waals surface area contributed by atoms with Gasteiger partial charge in [0, 0.05) is 16.6 Å². The molecule has 1 aromatic carbocycles. The number of nitrogens with one attached hydrogen (secondary N) is 1. The van der Waals surface area contributed by atoms with E-state index in [1.807, 2.05) is 31.2 Å². The summed E-state index contributed by atoms with van der Waals surface area (Å²) in [7, 11) is 0. The number of hydrogen-bond donors (Lipinski definition) is 2. The quantitative estimate of drug-likeness (QED) is 0.880. The molecule has 4 nitrogen and oxygen atoms in total. The van der Waals surface area contributed by atoms with Crippen LogP contribution < -0.4 is 5.32 Å². The van der Waals surface area contributed by atoms with Crippen molar-refractivity contribution < 1.29 is 14.3 Å². The predicted molar refractivity (Wildman–Crippen MR) is 77.1 cm³/mol. The third kappa shape index (κ3) is 3.40. The zero-order valence-corrected chi connectivity index (χ0v) is 12.1. The van der Waals surface area contributed by atoms with Crippen molar-refractivity contribution in [3.8, 4) is 0 Å². The molecule has 0 bridgehead atoms. The number of benzene rings is 1. The molecular formula is C15H16ClNO3. The van der Waals surface area contributed by atoms with Crippen LogP contribution in [0.25, 0.3) is 0 Å². The molecule has 1 heterocycles. The molecule has 0 aliphatic rings. The van der Waals surface area contributed by atoms with Crippen LogP contribution in [0.1, 0.15) is 40.4 Å². The van der Waals surface area contributed by atoms with Crippen molar-refractivity contribution in [3.63, 3.8) is 0 Å². The minimum absolute atomic E-state index is 0.00258. The summed E-state index contributed by atoms with van der Waals surface area (Å²) in [6, 6.07) is 9.44. The first kappa shape index (κ1) is 14.6. The summed E-state index contributed by atoms with van der Waals surface area (Å²) in [5.41, 5.74) is 1.70. The fourth-order valence-electron chi connectivity index (χ4n) is 1.99. The Morgan fingerprint density at radius 3 is 2.80 bits per heavy atom. The van der Waals surface area contributed by atoms with Gasteiger partial charge >= 0.3 is 5.97 Å². The van der Waals surface area contributed by atoms with Crippen LogP contribution in [0.5, 0.6) is 0 Å². The summed E-state index contributed by atoms with van der Waals surface area (Å²) in [5, 5.41) is 12.9. The van der Waals surface area contributed by atoms with Gasteiger partial charge in [-0.1, -0.05) is 23.7 Å². The van der Waals surface area contributed by atoms with E-state index in [-0.39, 0.29) is 11.8 Å². The van der Waals surface area contributed by atoms with Gasteiger partial charge in [-0.15, -0.1) is 0 Å². The Morgan fingerprint density at radius 1 is 1.45 bits per heavy atom.